The summed E-state index contributed by atoms with van der Waals surface area (Å²) in [6, 6.07) is 0. The predicted octanol–water partition coefficient (Wildman–Crippen LogP) is 6.21. The summed E-state index contributed by atoms with van der Waals surface area (Å²) < 4.78 is 2.11. The molecule has 0 unspecified atom stereocenters. The monoisotopic (exact) mass is 364 g/mol. The highest BCUT2D eigenvalue weighted by atomic mass is 16.4. The van der Waals surface area contributed by atoms with E-state index in [1.54, 1.807) is 0 Å². The first-order chi connectivity index (χ1) is 12.6. The topological polar surface area (TPSA) is 55.1 Å². The number of hydrogen-bond donors (Lipinski definition) is 1. The van der Waals surface area contributed by atoms with Gasteiger partial charge in [0.1, 0.15) is 5.82 Å². The highest BCUT2D eigenvalue weighted by Crippen LogP contribution is 2.14. The average Bonchev–Trinajstić information content (AvgIpc) is 2.92. The second kappa shape index (κ2) is 14.8. The van der Waals surface area contributed by atoms with Crippen molar-refractivity contribution in [3.8, 4) is 0 Å². The van der Waals surface area contributed by atoms with Crippen molar-refractivity contribution in [2.45, 2.75) is 110 Å². The van der Waals surface area contributed by atoms with Gasteiger partial charge >= 0.3 is 5.97 Å². The number of unbranched alkanes of at least 4 members (excludes halogenated alkanes) is 13. The van der Waals surface area contributed by atoms with E-state index in [0.29, 0.717) is 6.42 Å². The van der Waals surface area contributed by atoms with E-state index in [2.05, 4.69) is 29.7 Å². The SMILES string of the molecule is Cc1nc(CCCCCCCCCCCCCCCCC(=O)O)cn1C. The lowest BCUT2D eigenvalue weighted by atomic mass is 10.0. The van der Waals surface area contributed by atoms with Crippen LogP contribution < -0.4 is 0 Å². The summed E-state index contributed by atoms with van der Waals surface area (Å²) in [5, 5.41) is 8.57. The quantitative estimate of drug-likeness (QED) is 0.334. The molecular formula is C22H40N2O2. The van der Waals surface area contributed by atoms with Gasteiger partial charge in [0.15, 0.2) is 0 Å². The Balaban J connectivity index is 1.75. The van der Waals surface area contributed by atoms with Crippen LogP contribution in [0.1, 0.15) is 108 Å². The maximum absolute atomic E-state index is 10.4. The summed E-state index contributed by atoms with van der Waals surface area (Å²) in [6.45, 7) is 2.06. The van der Waals surface area contributed by atoms with E-state index in [1.807, 2.05) is 0 Å². The number of imidazole rings is 1. The van der Waals surface area contributed by atoms with Gasteiger partial charge in [0.05, 0.1) is 5.69 Å². The second-order valence-corrected chi connectivity index (χ2v) is 7.73. The van der Waals surface area contributed by atoms with Gasteiger partial charge in [-0.05, 0) is 26.2 Å². The van der Waals surface area contributed by atoms with Crippen LogP contribution in [0.3, 0.4) is 0 Å². The fraction of sp³-hybridized carbons (Fsp3) is 0.818. The van der Waals surface area contributed by atoms with Crippen LogP contribution in [0.15, 0.2) is 6.20 Å². The van der Waals surface area contributed by atoms with E-state index in [0.717, 1.165) is 25.1 Å². The maximum Gasteiger partial charge on any atom is 0.303 e. The average molecular weight is 365 g/mol. The van der Waals surface area contributed by atoms with Gasteiger partial charge in [0.2, 0.25) is 0 Å². The zero-order chi connectivity index (χ0) is 19.0. The van der Waals surface area contributed by atoms with Crippen LogP contribution in [0.5, 0.6) is 0 Å². The molecule has 0 atom stereocenters. The highest BCUT2D eigenvalue weighted by molar-refractivity contribution is 5.66. The third-order valence-corrected chi connectivity index (χ3v) is 5.23. The lowest BCUT2D eigenvalue weighted by Crippen LogP contribution is -1.93. The van der Waals surface area contributed by atoms with Crippen molar-refractivity contribution in [1.82, 2.24) is 9.55 Å². The number of carboxylic acid groups (broad SMARTS) is 1. The minimum Gasteiger partial charge on any atom is -0.481 e. The second-order valence-electron chi connectivity index (χ2n) is 7.73. The summed E-state index contributed by atoms with van der Waals surface area (Å²) in [4.78, 5) is 15.0. The van der Waals surface area contributed by atoms with Crippen LogP contribution in [0.25, 0.3) is 0 Å². The molecule has 0 saturated carbocycles. The van der Waals surface area contributed by atoms with Crippen molar-refractivity contribution < 1.29 is 9.90 Å². The molecule has 4 heteroatoms. The molecule has 0 aliphatic carbocycles. The lowest BCUT2D eigenvalue weighted by Gasteiger charge is -2.03. The van der Waals surface area contributed by atoms with E-state index in [4.69, 9.17) is 5.11 Å². The molecule has 1 rings (SSSR count). The molecule has 1 N–H and O–H groups in total. The van der Waals surface area contributed by atoms with Crippen molar-refractivity contribution in [2.24, 2.45) is 7.05 Å². The zero-order valence-electron chi connectivity index (χ0n) is 17.1. The van der Waals surface area contributed by atoms with Gasteiger partial charge in [0.25, 0.3) is 0 Å². The summed E-state index contributed by atoms with van der Waals surface area (Å²) in [5.41, 5.74) is 1.24. The third-order valence-electron chi connectivity index (χ3n) is 5.23. The summed E-state index contributed by atoms with van der Waals surface area (Å²) in [5.74, 6) is 0.450. The Morgan fingerprint density at radius 3 is 1.65 bits per heavy atom. The van der Waals surface area contributed by atoms with E-state index in [-0.39, 0.29) is 0 Å². The van der Waals surface area contributed by atoms with Crippen molar-refractivity contribution in [3.63, 3.8) is 0 Å². The lowest BCUT2D eigenvalue weighted by molar-refractivity contribution is -0.137. The summed E-state index contributed by atoms with van der Waals surface area (Å²) >= 11 is 0. The van der Waals surface area contributed by atoms with Gasteiger partial charge < -0.3 is 9.67 Å². The van der Waals surface area contributed by atoms with Crippen LogP contribution in [0.4, 0.5) is 0 Å². The van der Waals surface area contributed by atoms with E-state index >= 15 is 0 Å². The summed E-state index contributed by atoms with van der Waals surface area (Å²) in [6.07, 6.45) is 21.5. The predicted molar refractivity (Wildman–Crippen MR) is 109 cm³/mol. The molecule has 0 bridgehead atoms. The van der Waals surface area contributed by atoms with E-state index < -0.39 is 5.97 Å². The smallest absolute Gasteiger partial charge is 0.303 e. The number of aromatic nitrogens is 2. The van der Waals surface area contributed by atoms with Crippen molar-refractivity contribution >= 4 is 5.97 Å². The molecule has 26 heavy (non-hydrogen) atoms. The molecule has 0 radical (unpaired) electrons. The Labute approximate surface area is 160 Å². The van der Waals surface area contributed by atoms with Gasteiger partial charge in [-0.1, -0.05) is 77.0 Å². The molecule has 1 aromatic rings. The van der Waals surface area contributed by atoms with Gasteiger partial charge in [-0.15, -0.1) is 0 Å². The number of carboxylic acids is 1. The Morgan fingerprint density at radius 2 is 1.27 bits per heavy atom. The Morgan fingerprint density at radius 1 is 0.846 bits per heavy atom. The molecule has 1 heterocycles. The molecule has 0 amide bonds. The van der Waals surface area contributed by atoms with Crippen LogP contribution in [-0.2, 0) is 18.3 Å². The standard InChI is InChI=1S/C22H40N2O2/c1-20-23-21(19-24(20)2)17-15-13-11-9-7-5-3-4-6-8-10-12-14-16-18-22(25)26/h19H,3-18H2,1-2H3,(H,25,26). The summed E-state index contributed by atoms with van der Waals surface area (Å²) in [7, 11) is 2.06. The molecule has 1 aromatic heterocycles. The fourth-order valence-electron chi connectivity index (χ4n) is 3.46. The molecule has 0 saturated heterocycles. The van der Waals surface area contributed by atoms with E-state index in [1.165, 1.54) is 82.7 Å². The number of nitrogens with zero attached hydrogens (tertiary/aromatic N) is 2. The first kappa shape index (κ1) is 22.7. The fourth-order valence-corrected chi connectivity index (χ4v) is 3.46. The first-order valence-corrected chi connectivity index (χ1v) is 10.8. The zero-order valence-corrected chi connectivity index (χ0v) is 17.1. The largest absolute Gasteiger partial charge is 0.481 e. The van der Waals surface area contributed by atoms with Crippen LogP contribution in [0.2, 0.25) is 0 Å². The Kier molecular flexibility index (Phi) is 12.9. The number of rotatable bonds is 17. The van der Waals surface area contributed by atoms with Gasteiger partial charge in [-0.25, -0.2) is 4.98 Å². The highest BCUT2D eigenvalue weighted by Gasteiger charge is 2.01. The number of hydrogen-bond acceptors (Lipinski definition) is 2. The normalized spacial score (nSPS) is 11.2. The molecular weight excluding hydrogens is 324 g/mol. The minimum atomic E-state index is -0.659. The molecule has 150 valence electrons. The van der Waals surface area contributed by atoms with E-state index in [9.17, 15) is 4.79 Å². The van der Waals surface area contributed by atoms with Crippen molar-refractivity contribution in [1.29, 1.82) is 0 Å². The van der Waals surface area contributed by atoms with Gasteiger partial charge in [0, 0.05) is 19.7 Å². The van der Waals surface area contributed by atoms with Crippen LogP contribution in [-0.4, -0.2) is 20.6 Å². The molecule has 0 fully saturated rings. The van der Waals surface area contributed by atoms with Crippen molar-refractivity contribution in [2.75, 3.05) is 0 Å². The number of aryl methyl sites for hydroxylation is 3. The third kappa shape index (κ3) is 12.1. The number of carbonyl (C=O) groups is 1. The first-order valence-electron chi connectivity index (χ1n) is 10.8. The van der Waals surface area contributed by atoms with Gasteiger partial charge in [-0.3, -0.25) is 4.79 Å². The maximum atomic E-state index is 10.4. The van der Waals surface area contributed by atoms with Crippen LogP contribution in [0, 0.1) is 6.92 Å². The van der Waals surface area contributed by atoms with Gasteiger partial charge in [-0.2, -0.15) is 0 Å². The molecule has 0 aromatic carbocycles. The Hall–Kier alpha value is -1.32. The minimum absolute atomic E-state index is 0.336. The number of aliphatic carboxylic acids is 1. The molecule has 0 aliphatic rings. The molecule has 0 spiro atoms. The van der Waals surface area contributed by atoms with Crippen molar-refractivity contribution in [3.05, 3.63) is 17.7 Å². The molecule has 4 nitrogen and oxygen atoms in total. The Bertz CT molecular complexity index is 463. The molecule has 0 aliphatic heterocycles. The van der Waals surface area contributed by atoms with Crippen LogP contribution >= 0.6 is 0 Å².